The molecule has 0 rings (SSSR count). The van der Waals surface area contributed by atoms with Gasteiger partial charge in [-0.25, -0.2) is 0 Å². The van der Waals surface area contributed by atoms with Gasteiger partial charge in [-0.15, -0.1) is 0 Å². The third-order valence-corrected chi connectivity index (χ3v) is 11.4. The van der Waals surface area contributed by atoms with E-state index in [1.165, 1.54) is 70.1 Å². The zero-order valence-electron chi connectivity index (χ0n) is 19.0. The quantitative estimate of drug-likeness (QED) is 0.228. The normalized spacial score (nSPS) is 12.0. The molecule has 0 atom stereocenters. The van der Waals surface area contributed by atoms with Crippen LogP contribution in [-0.4, -0.2) is 48.7 Å². The topological polar surface area (TPSA) is 63.2 Å². The van der Waals surface area contributed by atoms with Gasteiger partial charge in [0, 0.05) is 0 Å². The number of rotatable bonds is 19. The molecule has 0 radical (unpaired) electrons. The maximum atomic E-state index is 12.0. The van der Waals surface area contributed by atoms with Crippen molar-refractivity contribution in [1.29, 1.82) is 0 Å². The first kappa shape index (κ1) is 27.2. The molecule has 0 spiro atoms. The van der Waals surface area contributed by atoms with Gasteiger partial charge in [0.2, 0.25) is 0 Å². The van der Waals surface area contributed by atoms with Crippen LogP contribution in [0.5, 0.6) is 0 Å². The Balaban J connectivity index is 4.32. The predicted molar refractivity (Wildman–Crippen MR) is 124 cm³/mol. The predicted octanol–water partition coefficient (Wildman–Crippen LogP) is 5.36. The average molecular weight is 416 g/mol. The Kier molecular flexibility index (Phi) is 16.7. The Hall–Kier alpha value is -0.760. The van der Waals surface area contributed by atoms with Crippen LogP contribution in [0.4, 0.5) is 0 Å². The van der Waals surface area contributed by atoms with Gasteiger partial charge in [-0.2, -0.15) is 0 Å². The minimum atomic E-state index is -1.23. The summed E-state index contributed by atoms with van der Waals surface area (Å²) in [5, 5.41) is 3.01. The number of amides is 1. The molecule has 28 heavy (non-hydrogen) atoms. The van der Waals surface area contributed by atoms with E-state index in [1.54, 1.807) is 0 Å². The molecule has 5 heteroatoms. The number of nitrogens with one attached hydrogen (secondary N) is 1. The second-order valence-electron chi connectivity index (χ2n) is 8.50. The van der Waals surface area contributed by atoms with Gasteiger partial charge in [0.25, 0.3) is 0 Å². The Bertz CT molecular complexity index is 429. The van der Waals surface area contributed by atoms with Crippen molar-refractivity contribution in [2.45, 2.75) is 98.3 Å². The molecular weight excluding hydrogens is 369 g/mol. The van der Waals surface area contributed by atoms with Gasteiger partial charge in [-0.05, 0) is 0 Å². The number of hydrogen-bond donors (Lipinski definition) is 1. The molecule has 0 fully saturated rings. The first-order valence-electron chi connectivity index (χ1n) is 11.7. The molecule has 0 aliphatic heterocycles. The van der Waals surface area contributed by atoms with Crippen LogP contribution in [0.25, 0.3) is 0 Å². The SMILES string of the molecule is CCCC[PH](CCCC)(CCCC)CCCNC(=O)CCC(=O)CCC(C)=O. The van der Waals surface area contributed by atoms with E-state index >= 15 is 0 Å². The summed E-state index contributed by atoms with van der Waals surface area (Å²) < 4.78 is 0. The van der Waals surface area contributed by atoms with Crippen molar-refractivity contribution in [3.8, 4) is 0 Å². The van der Waals surface area contributed by atoms with E-state index in [0.717, 1.165) is 13.0 Å². The molecule has 1 amide bonds. The first-order chi connectivity index (χ1) is 13.4. The van der Waals surface area contributed by atoms with Crippen LogP contribution in [0.1, 0.15) is 98.3 Å². The molecule has 0 aromatic rings. The third-order valence-electron chi connectivity index (χ3n) is 5.77. The molecule has 4 nitrogen and oxygen atoms in total. The van der Waals surface area contributed by atoms with Crippen LogP contribution in [0.2, 0.25) is 0 Å². The summed E-state index contributed by atoms with van der Waals surface area (Å²) in [5.74, 6) is 0.00857. The zero-order valence-corrected chi connectivity index (χ0v) is 20.0. The van der Waals surface area contributed by atoms with Crippen LogP contribution in [0, 0.1) is 0 Å². The Labute approximate surface area is 174 Å². The summed E-state index contributed by atoms with van der Waals surface area (Å²) in [7, 11) is -1.23. The van der Waals surface area contributed by atoms with E-state index < -0.39 is 7.26 Å². The number of hydrogen-bond acceptors (Lipinski definition) is 3. The van der Waals surface area contributed by atoms with Gasteiger partial charge in [0.1, 0.15) is 0 Å². The molecule has 0 bridgehead atoms. The number of ketones is 2. The number of carbonyl (C=O) groups excluding carboxylic acids is 3. The first-order valence-corrected chi connectivity index (χ1v) is 14.5. The van der Waals surface area contributed by atoms with Crippen LogP contribution in [0.3, 0.4) is 0 Å². The second kappa shape index (κ2) is 17.1. The van der Waals surface area contributed by atoms with Crippen LogP contribution in [0.15, 0.2) is 0 Å². The summed E-state index contributed by atoms with van der Waals surface area (Å²) in [6.45, 7) is 9.09. The van der Waals surface area contributed by atoms with Gasteiger partial charge >= 0.3 is 174 Å². The summed E-state index contributed by atoms with van der Waals surface area (Å²) in [5.41, 5.74) is 0. The molecule has 1 N–H and O–H groups in total. The van der Waals surface area contributed by atoms with Gasteiger partial charge in [0.15, 0.2) is 0 Å². The summed E-state index contributed by atoms with van der Waals surface area (Å²) in [6.07, 6.45) is 15.7. The molecule has 0 aliphatic carbocycles. The fraction of sp³-hybridized carbons (Fsp3) is 0.870. The second-order valence-corrected chi connectivity index (χ2v) is 13.5. The van der Waals surface area contributed by atoms with Gasteiger partial charge in [-0.3, -0.25) is 0 Å². The monoisotopic (exact) mass is 415 g/mol. The van der Waals surface area contributed by atoms with E-state index in [1.807, 2.05) is 0 Å². The molecule has 0 saturated carbocycles. The number of unbranched alkanes of at least 4 members (excludes halogenated alkanes) is 3. The van der Waals surface area contributed by atoms with Crippen LogP contribution < -0.4 is 5.32 Å². The molecule has 0 aromatic carbocycles. The van der Waals surface area contributed by atoms with Crippen molar-refractivity contribution in [3.63, 3.8) is 0 Å². The molecule has 0 aliphatic rings. The number of Topliss-reactive ketones (excluding diaryl/α,β-unsaturated/α-hetero) is 2. The third kappa shape index (κ3) is 14.3. The van der Waals surface area contributed by atoms with Gasteiger partial charge in [0.05, 0.1) is 0 Å². The molecular formula is C23H46NO3P. The van der Waals surface area contributed by atoms with Gasteiger partial charge in [-0.1, -0.05) is 0 Å². The summed E-state index contributed by atoms with van der Waals surface area (Å²) in [4.78, 5) is 34.6. The van der Waals surface area contributed by atoms with E-state index in [2.05, 4.69) is 26.1 Å². The van der Waals surface area contributed by atoms with E-state index in [0.29, 0.717) is 6.42 Å². The zero-order chi connectivity index (χ0) is 21.3. The molecule has 166 valence electrons. The van der Waals surface area contributed by atoms with Gasteiger partial charge < -0.3 is 0 Å². The Morgan fingerprint density at radius 1 is 0.679 bits per heavy atom. The summed E-state index contributed by atoms with van der Waals surface area (Å²) in [6, 6.07) is 0. The maximum absolute atomic E-state index is 12.0. The van der Waals surface area contributed by atoms with Crippen molar-refractivity contribution in [2.24, 2.45) is 0 Å². The van der Waals surface area contributed by atoms with Crippen molar-refractivity contribution in [3.05, 3.63) is 0 Å². The van der Waals surface area contributed by atoms with Crippen molar-refractivity contribution in [1.82, 2.24) is 5.32 Å². The Morgan fingerprint density at radius 3 is 1.61 bits per heavy atom. The van der Waals surface area contributed by atoms with Crippen molar-refractivity contribution < 1.29 is 14.4 Å². The molecule has 0 aromatic heterocycles. The molecule has 0 unspecified atom stereocenters. The van der Waals surface area contributed by atoms with Crippen LogP contribution >= 0.6 is 7.26 Å². The standard InChI is InChI=1S/C23H46NO3P/c1-5-8-17-28(18-9-6-2,19-10-7-3)20-11-16-24-23(27)15-14-22(26)13-12-21(4)25/h28H,5-20H2,1-4H3,(H,24,27). The fourth-order valence-electron chi connectivity index (χ4n) is 3.88. The molecule has 0 heterocycles. The van der Waals surface area contributed by atoms with E-state index in [-0.39, 0.29) is 36.7 Å². The van der Waals surface area contributed by atoms with Crippen molar-refractivity contribution >= 4 is 24.7 Å². The Morgan fingerprint density at radius 2 is 1.14 bits per heavy atom. The minimum absolute atomic E-state index is 0.00970. The number of carbonyl (C=O) groups is 3. The average Bonchev–Trinajstić information content (AvgIpc) is 2.68. The van der Waals surface area contributed by atoms with E-state index in [9.17, 15) is 14.4 Å². The fourth-order valence-corrected chi connectivity index (χ4v) is 9.62. The summed E-state index contributed by atoms with van der Waals surface area (Å²) >= 11 is 0. The molecule has 0 saturated heterocycles. The van der Waals surface area contributed by atoms with Crippen molar-refractivity contribution in [2.75, 3.05) is 31.2 Å². The van der Waals surface area contributed by atoms with Crippen LogP contribution in [-0.2, 0) is 14.4 Å². The van der Waals surface area contributed by atoms with E-state index in [4.69, 9.17) is 0 Å².